The fraction of sp³-hybridized carbons (Fsp3) is 0.438. The Morgan fingerprint density at radius 1 is 1.08 bits per heavy atom. The van der Waals surface area contributed by atoms with Gasteiger partial charge in [-0.15, -0.1) is 5.10 Å². The van der Waals surface area contributed by atoms with Crippen molar-refractivity contribution >= 4 is 15.7 Å². The van der Waals surface area contributed by atoms with E-state index in [0.29, 0.717) is 19.5 Å². The first-order valence-corrected chi connectivity index (χ1v) is 9.57. The summed E-state index contributed by atoms with van der Waals surface area (Å²) in [5.41, 5.74) is 0.939. The molecule has 1 aromatic heterocycles. The van der Waals surface area contributed by atoms with Crippen LogP contribution in [0.15, 0.2) is 40.0 Å². The summed E-state index contributed by atoms with van der Waals surface area (Å²) in [7, 11) is -3.91. The van der Waals surface area contributed by atoms with E-state index in [1.54, 1.807) is 4.90 Å². The number of carbonyl (C=O) groups excluding carboxylic acids is 1. The van der Waals surface area contributed by atoms with Crippen LogP contribution in [-0.2, 0) is 21.1 Å². The van der Waals surface area contributed by atoms with Crippen molar-refractivity contribution in [1.82, 2.24) is 15.1 Å². The van der Waals surface area contributed by atoms with Gasteiger partial charge < -0.3 is 9.32 Å². The van der Waals surface area contributed by atoms with Crippen LogP contribution in [0.25, 0.3) is 0 Å². The zero-order valence-electron chi connectivity index (χ0n) is 13.2. The van der Waals surface area contributed by atoms with Gasteiger partial charge >= 0.3 is 5.22 Å². The molecule has 2 heterocycles. The first-order valence-electron chi connectivity index (χ1n) is 7.91. The summed E-state index contributed by atoms with van der Waals surface area (Å²) >= 11 is 0. The standard InChI is InChI=1S/C16H19N3O4S/c20-15(19-9-5-2-6-10-19)12-24(21,22)16-18-17-14(23-16)11-13-7-3-1-4-8-13/h1,3-4,7-8H,2,5-6,9-12H2. The zero-order chi connectivity index (χ0) is 17.0. The van der Waals surface area contributed by atoms with Crippen molar-refractivity contribution in [3.05, 3.63) is 41.8 Å². The fourth-order valence-corrected chi connectivity index (χ4v) is 3.68. The molecule has 0 atom stereocenters. The molecular weight excluding hydrogens is 330 g/mol. The average Bonchev–Trinajstić information content (AvgIpc) is 3.06. The number of hydrogen-bond donors (Lipinski definition) is 0. The topological polar surface area (TPSA) is 93.4 Å². The Labute approximate surface area is 140 Å². The maximum atomic E-state index is 12.3. The summed E-state index contributed by atoms with van der Waals surface area (Å²) in [5, 5.41) is 6.90. The lowest BCUT2D eigenvalue weighted by Gasteiger charge is -2.26. The third kappa shape index (κ3) is 4.00. The second-order valence-corrected chi connectivity index (χ2v) is 7.69. The lowest BCUT2D eigenvalue weighted by atomic mass is 10.1. The van der Waals surface area contributed by atoms with E-state index in [4.69, 9.17) is 4.42 Å². The lowest BCUT2D eigenvalue weighted by Crippen LogP contribution is -2.39. The van der Waals surface area contributed by atoms with E-state index in [-0.39, 0.29) is 5.89 Å². The number of carbonyl (C=O) groups is 1. The van der Waals surface area contributed by atoms with Gasteiger partial charge in [0, 0.05) is 13.1 Å². The number of aromatic nitrogens is 2. The largest absolute Gasteiger partial charge is 0.412 e. The molecule has 0 radical (unpaired) electrons. The van der Waals surface area contributed by atoms with Crippen LogP contribution in [0, 0.1) is 0 Å². The molecule has 1 aliphatic heterocycles. The first-order chi connectivity index (χ1) is 11.5. The summed E-state index contributed by atoms with van der Waals surface area (Å²) in [6.07, 6.45) is 3.24. The van der Waals surface area contributed by atoms with Crippen LogP contribution in [0.3, 0.4) is 0 Å². The molecule has 0 unspecified atom stereocenters. The quantitative estimate of drug-likeness (QED) is 0.811. The van der Waals surface area contributed by atoms with Crippen molar-refractivity contribution in [3.8, 4) is 0 Å². The minimum Gasteiger partial charge on any atom is -0.412 e. The number of sulfone groups is 1. The highest BCUT2D eigenvalue weighted by atomic mass is 32.2. The number of benzene rings is 1. The van der Waals surface area contributed by atoms with E-state index in [0.717, 1.165) is 24.8 Å². The second-order valence-electron chi connectivity index (χ2n) is 5.82. The van der Waals surface area contributed by atoms with Crippen LogP contribution in [0.5, 0.6) is 0 Å². The third-order valence-corrected chi connectivity index (χ3v) is 5.26. The van der Waals surface area contributed by atoms with Crippen LogP contribution in [-0.4, -0.2) is 48.3 Å². The number of rotatable bonds is 5. The van der Waals surface area contributed by atoms with Crippen molar-refractivity contribution < 1.29 is 17.6 Å². The van der Waals surface area contributed by atoms with Crippen LogP contribution in [0.2, 0.25) is 0 Å². The molecule has 2 aromatic rings. The van der Waals surface area contributed by atoms with E-state index in [1.807, 2.05) is 30.3 Å². The predicted octanol–water partition coefficient (Wildman–Crippen LogP) is 1.45. The average molecular weight is 349 g/mol. The fourth-order valence-electron chi connectivity index (χ4n) is 2.66. The zero-order valence-corrected chi connectivity index (χ0v) is 14.0. The molecule has 7 nitrogen and oxygen atoms in total. The number of nitrogens with zero attached hydrogens (tertiary/aromatic N) is 3. The molecule has 0 saturated carbocycles. The first kappa shape index (κ1) is 16.6. The monoisotopic (exact) mass is 349 g/mol. The number of piperidine rings is 1. The van der Waals surface area contributed by atoms with Crippen molar-refractivity contribution in [1.29, 1.82) is 0 Å². The Morgan fingerprint density at radius 2 is 1.79 bits per heavy atom. The van der Waals surface area contributed by atoms with Gasteiger partial charge in [0.2, 0.25) is 21.6 Å². The maximum Gasteiger partial charge on any atom is 0.336 e. The number of amides is 1. The summed E-state index contributed by atoms with van der Waals surface area (Å²) < 4.78 is 29.9. The Kier molecular flexibility index (Phi) is 4.94. The number of hydrogen-bond acceptors (Lipinski definition) is 6. The van der Waals surface area contributed by atoms with Gasteiger partial charge in [-0.05, 0) is 24.8 Å². The van der Waals surface area contributed by atoms with Crippen molar-refractivity contribution in [2.24, 2.45) is 0 Å². The molecule has 1 aliphatic rings. The molecule has 1 aromatic carbocycles. The summed E-state index contributed by atoms with van der Waals surface area (Å²) in [4.78, 5) is 13.7. The Hall–Kier alpha value is -2.22. The SMILES string of the molecule is O=C(CS(=O)(=O)c1nnc(Cc2ccccc2)o1)N1CCCCC1. The van der Waals surface area contributed by atoms with E-state index in [2.05, 4.69) is 10.2 Å². The summed E-state index contributed by atoms with van der Waals surface area (Å²) in [6.45, 7) is 1.22. The summed E-state index contributed by atoms with van der Waals surface area (Å²) in [6, 6.07) is 9.41. The van der Waals surface area contributed by atoms with Crippen molar-refractivity contribution in [3.63, 3.8) is 0 Å². The molecule has 1 saturated heterocycles. The predicted molar refractivity (Wildman–Crippen MR) is 86.0 cm³/mol. The van der Waals surface area contributed by atoms with Gasteiger partial charge in [0.05, 0.1) is 6.42 Å². The maximum absolute atomic E-state index is 12.3. The highest BCUT2D eigenvalue weighted by Gasteiger charge is 2.29. The van der Waals surface area contributed by atoms with E-state index in [9.17, 15) is 13.2 Å². The van der Waals surface area contributed by atoms with Gasteiger partial charge in [-0.3, -0.25) is 4.79 Å². The van der Waals surface area contributed by atoms with Crippen molar-refractivity contribution in [2.45, 2.75) is 30.9 Å². The Bertz CT molecular complexity index is 796. The molecule has 0 bridgehead atoms. The minimum atomic E-state index is -3.91. The molecule has 128 valence electrons. The molecule has 0 aliphatic carbocycles. The van der Waals surface area contributed by atoms with Gasteiger partial charge in [0.15, 0.2) is 0 Å². The van der Waals surface area contributed by atoms with Crippen LogP contribution >= 0.6 is 0 Å². The van der Waals surface area contributed by atoms with E-state index < -0.39 is 26.7 Å². The molecule has 3 rings (SSSR count). The van der Waals surface area contributed by atoms with Crippen molar-refractivity contribution in [2.75, 3.05) is 18.8 Å². The summed E-state index contributed by atoms with van der Waals surface area (Å²) in [5.74, 6) is -0.817. The second kappa shape index (κ2) is 7.12. The Balaban J connectivity index is 1.67. The molecule has 8 heteroatoms. The molecule has 24 heavy (non-hydrogen) atoms. The molecule has 1 amide bonds. The van der Waals surface area contributed by atoms with Crippen LogP contribution in [0.4, 0.5) is 0 Å². The highest BCUT2D eigenvalue weighted by Crippen LogP contribution is 2.15. The van der Waals surface area contributed by atoms with Gasteiger partial charge in [0.25, 0.3) is 0 Å². The minimum absolute atomic E-state index is 0.213. The highest BCUT2D eigenvalue weighted by molar-refractivity contribution is 7.91. The van der Waals surface area contributed by atoms with Gasteiger partial charge in [-0.2, -0.15) is 0 Å². The molecular formula is C16H19N3O4S. The molecule has 0 spiro atoms. The van der Waals surface area contributed by atoms with Crippen LogP contribution < -0.4 is 0 Å². The molecule has 0 N–H and O–H groups in total. The lowest BCUT2D eigenvalue weighted by molar-refractivity contribution is -0.129. The van der Waals surface area contributed by atoms with Gasteiger partial charge in [0.1, 0.15) is 5.75 Å². The normalized spacial score (nSPS) is 15.4. The third-order valence-electron chi connectivity index (χ3n) is 3.93. The Morgan fingerprint density at radius 3 is 2.50 bits per heavy atom. The van der Waals surface area contributed by atoms with Gasteiger partial charge in [-0.1, -0.05) is 35.4 Å². The van der Waals surface area contributed by atoms with E-state index in [1.165, 1.54) is 0 Å². The van der Waals surface area contributed by atoms with Crippen LogP contribution in [0.1, 0.15) is 30.7 Å². The van der Waals surface area contributed by atoms with Gasteiger partial charge in [-0.25, -0.2) is 8.42 Å². The smallest absolute Gasteiger partial charge is 0.336 e. The molecule has 1 fully saturated rings. The number of likely N-dealkylation sites (tertiary alicyclic amines) is 1. The van der Waals surface area contributed by atoms with E-state index >= 15 is 0 Å².